The largest absolute Gasteiger partial charge is 0.319 e. The molecule has 0 amide bonds. The van der Waals surface area contributed by atoms with Crippen LogP contribution in [0.5, 0.6) is 0 Å². The minimum atomic E-state index is -0.414. The molecule has 1 atom stereocenters. The maximum atomic E-state index is 13.0. The summed E-state index contributed by atoms with van der Waals surface area (Å²) >= 11 is 8.09. The van der Waals surface area contributed by atoms with Gasteiger partial charge in [0.05, 0.1) is 23.0 Å². The summed E-state index contributed by atoms with van der Waals surface area (Å²) in [5.74, 6) is -0.276. The molecule has 6 heteroatoms. The van der Waals surface area contributed by atoms with Crippen molar-refractivity contribution >= 4 is 34.2 Å². The monoisotopic (exact) mass is 365 g/mol. The second kappa shape index (κ2) is 4.91. The number of halogens is 3. The van der Waals surface area contributed by atoms with E-state index < -0.39 is 6.04 Å². The Morgan fingerprint density at radius 1 is 1.53 bits per heavy atom. The van der Waals surface area contributed by atoms with Crippen LogP contribution < -0.4 is 5.73 Å². The fourth-order valence-corrected chi connectivity index (χ4v) is 2.77. The van der Waals surface area contributed by atoms with E-state index in [0.29, 0.717) is 5.02 Å². The molecule has 0 saturated carbocycles. The first-order valence-electron chi connectivity index (χ1n) is 4.88. The number of rotatable bonds is 2. The Balaban J connectivity index is 2.47. The number of benzene rings is 1. The SMILES string of the molecule is Cn1ncc(Cl)c1C(N)c1ccc(F)cc1I. The summed E-state index contributed by atoms with van der Waals surface area (Å²) in [7, 11) is 1.78. The lowest BCUT2D eigenvalue weighted by molar-refractivity contribution is 0.623. The van der Waals surface area contributed by atoms with Gasteiger partial charge in [-0.05, 0) is 40.3 Å². The van der Waals surface area contributed by atoms with E-state index in [1.54, 1.807) is 24.0 Å². The van der Waals surface area contributed by atoms with Crippen molar-refractivity contribution in [2.24, 2.45) is 12.8 Å². The summed E-state index contributed by atoms with van der Waals surface area (Å²) in [6, 6.07) is 4.09. The zero-order valence-electron chi connectivity index (χ0n) is 8.99. The molecule has 1 aromatic carbocycles. The van der Waals surface area contributed by atoms with Crippen molar-refractivity contribution in [3.63, 3.8) is 0 Å². The van der Waals surface area contributed by atoms with Gasteiger partial charge in [-0.3, -0.25) is 4.68 Å². The molecule has 3 nitrogen and oxygen atoms in total. The average molecular weight is 366 g/mol. The van der Waals surface area contributed by atoms with E-state index in [4.69, 9.17) is 17.3 Å². The Morgan fingerprint density at radius 2 is 2.24 bits per heavy atom. The van der Waals surface area contributed by atoms with Gasteiger partial charge >= 0.3 is 0 Å². The molecule has 17 heavy (non-hydrogen) atoms. The Bertz CT molecular complexity index is 536. The normalized spacial score (nSPS) is 12.8. The molecule has 2 aromatic rings. The lowest BCUT2D eigenvalue weighted by Gasteiger charge is -2.15. The molecule has 0 fully saturated rings. The van der Waals surface area contributed by atoms with E-state index in [-0.39, 0.29) is 5.82 Å². The molecule has 1 unspecified atom stereocenters. The number of hydrogen-bond acceptors (Lipinski definition) is 2. The second-order valence-electron chi connectivity index (χ2n) is 3.64. The maximum absolute atomic E-state index is 13.0. The molecule has 0 bridgehead atoms. The molecule has 90 valence electrons. The molecular weight excluding hydrogens is 355 g/mol. The van der Waals surface area contributed by atoms with Crippen LogP contribution in [0.15, 0.2) is 24.4 Å². The minimum absolute atomic E-state index is 0.276. The summed E-state index contributed by atoms with van der Waals surface area (Å²) in [6.07, 6.45) is 1.55. The van der Waals surface area contributed by atoms with E-state index in [1.807, 2.05) is 0 Å². The third-order valence-corrected chi connectivity index (χ3v) is 3.76. The molecule has 1 aromatic heterocycles. The number of nitrogens with zero attached hydrogens (tertiary/aromatic N) is 2. The quantitative estimate of drug-likeness (QED) is 0.832. The van der Waals surface area contributed by atoms with E-state index >= 15 is 0 Å². The number of aryl methyl sites for hydroxylation is 1. The van der Waals surface area contributed by atoms with Crippen LogP contribution in [0.25, 0.3) is 0 Å². The van der Waals surface area contributed by atoms with Crippen LogP contribution in [0.2, 0.25) is 5.02 Å². The molecule has 2 N–H and O–H groups in total. The van der Waals surface area contributed by atoms with Crippen molar-refractivity contribution in [3.8, 4) is 0 Å². The van der Waals surface area contributed by atoms with Crippen LogP contribution in [0.3, 0.4) is 0 Å². The fourth-order valence-electron chi connectivity index (χ4n) is 1.67. The predicted molar refractivity (Wildman–Crippen MR) is 73.4 cm³/mol. The summed E-state index contributed by atoms with van der Waals surface area (Å²) in [5, 5.41) is 4.55. The Kier molecular flexibility index (Phi) is 3.70. The highest BCUT2D eigenvalue weighted by Gasteiger charge is 2.19. The maximum Gasteiger partial charge on any atom is 0.124 e. The van der Waals surface area contributed by atoms with Crippen LogP contribution in [-0.4, -0.2) is 9.78 Å². The van der Waals surface area contributed by atoms with Gasteiger partial charge < -0.3 is 5.73 Å². The first-order chi connectivity index (χ1) is 8.00. The van der Waals surface area contributed by atoms with Gasteiger partial charge in [-0.15, -0.1) is 0 Å². The van der Waals surface area contributed by atoms with Crippen LogP contribution in [-0.2, 0) is 7.05 Å². The zero-order valence-corrected chi connectivity index (χ0v) is 11.9. The van der Waals surface area contributed by atoms with Crippen molar-refractivity contribution in [2.75, 3.05) is 0 Å². The third-order valence-electron chi connectivity index (χ3n) is 2.53. The van der Waals surface area contributed by atoms with Gasteiger partial charge in [0.25, 0.3) is 0 Å². The first kappa shape index (κ1) is 12.8. The van der Waals surface area contributed by atoms with Crippen LogP contribution in [0.4, 0.5) is 4.39 Å². The highest BCUT2D eigenvalue weighted by Crippen LogP contribution is 2.28. The van der Waals surface area contributed by atoms with Gasteiger partial charge in [0, 0.05) is 10.6 Å². The molecule has 0 radical (unpaired) electrons. The number of hydrogen-bond donors (Lipinski definition) is 1. The van der Waals surface area contributed by atoms with Crippen molar-refractivity contribution in [1.82, 2.24) is 9.78 Å². The van der Waals surface area contributed by atoms with E-state index in [1.165, 1.54) is 12.1 Å². The van der Waals surface area contributed by atoms with Crippen LogP contribution >= 0.6 is 34.2 Å². The molecule has 2 rings (SSSR count). The standard InChI is InChI=1S/C11H10ClFIN3/c1-17-11(8(12)5-16-17)10(15)7-3-2-6(13)4-9(7)14/h2-5,10H,15H2,1H3. The fraction of sp³-hybridized carbons (Fsp3) is 0.182. The average Bonchev–Trinajstić information content (AvgIpc) is 2.58. The second-order valence-corrected chi connectivity index (χ2v) is 5.21. The number of aromatic nitrogens is 2. The van der Waals surface area contributed by atoms with E-state index in [0.717, 1.165) is 14.8 Å². The van der Waals surface area contributed by atoms with Gasteiger partial charge in [-0.1, -0.05) is 17.7 Å². The minimum Gasteiger partial charge on any atom is -0.319 e. The van der Waals surface area contributed by atoms with Gasteiger partial charge in [0.15, 0.2) is 0 Å². The molecule has 0 saturated heterocycles. The molecule has 0 aliphatic carbocycles. The van der Waals surface area contributed by atoms with Gasteiger partial charge in [-0.2, -0.15) is 5.10 Å². The summed E-state index contributed by atoms with van der Waals surface area (Å²) in [6.45, 7) is 0. The van der Waals surface area contributed by atoms with Crippen molar-refractivity contribution in [1.29, 1.82) is 0 Å². The summed E-state index contributed by atoms with van der Waals surface area (Å²) in [4.78, 5) is 0. The van der Waals surface area contributed by atoms with Crippen LogP contribution in [0, 0.1) is 9.39 Å². The summed E-state index contributed by atoms with van der Waals surface area (Å²) in [5.41, 5.74) is 7.69. The first-order valence-corrected chi connectivity index (χ1v) is 6.34. The highest BCUT2D eigenvalue weighted by molar-refractivity contribution is 14.1. The molecule has 0 spiro atoms. The van der Waals surface area contributed by atoms with E-state index in [2.05, 4.69) is 27.7 Å². The Morgan fingerprint density at radius 3 is 2.76 bits per heavy atom. The topological polar surface area (TPSA) is 43.8 Å². The molecule has 1 heterocycles. The zero-order chi connectivity index (χ0) is 12.6. The van der Waals surface area contributed by atoms with Gasteiger partial charge in [-0.25, -0.2) is 4.39 Å². The van der Waals surface area contributed by atoms with E-state index in [9.17, 15) is 4.39 Å². The molecule has 0 aliphatic rings. The Labute approximate surface area is 117 Å². The van der Waals surface area contributed by atoms with Gasteiger partial charge in [0.1, 0.15) is 5.82 Å². The van der Waals surface area contributed by atoms with Gasteiger partial charge in [0.2, 0.25) is 0 Å². The molecule has 0 aliphatic heterocycles. The number of nitrogens with two attached hydrogens (primary N) is 1. The van der Waals surface area contributed by atoms with Crippen molar-refractivity contribution in [3.05, 3.63) is 50.1 Å². The smallest absolute Gasteiger partial charge is 0.124 e. The Hall–Kier alpha value is -0.660. The lowest BCUT2D eigenvalue weighted by atomic mass is 10.0. The van der Waals surface area contributed by atoms with Crippen LogP contribution in [0.1, 0.15) is 17.3 Å². The highest BCUT2D eigenvalue weighted by atomic mass is 127. The summed E-state index contributed by atoms with van der Waals surface area (Å²) < 4.78 is 15.4. The third kappa shape index (κ3) is 2.46. The van der Waals surface area contributed by atoms with Crippen molar-refractivity contribution < 1.29 is 4.39 Å². The molecular formula is C11H10ClFIN3. The lowest BCUT2D eigenvalue weighted by Crippen LogP contribution is -2.17. The predicted octanol–water partition coefficient (Wildman–Crippen LogP) is 2.87. The van der Waals surface area contributed by atoms with Crippen molar-refractivity contribution in [2.45, 2.75) is 6.04 Å².